The molecule has 0 spiro atoms. The smallest absolute Gasteiger partial charge is 0.0945 e. The Labute approximate surface area is 107 Å². The zero-order chi connectivity index (χ0) is 12.4. The molecule has 96 valence electrons. The summed E-state index contributed by atoms with van der Waals surface area (Å²) >= 11 is 0. The molecule has 1 fully saturated rings. The third-order valence-electron chi connectivity index (χ3n) is 3.68. The second-order valence-electron chi connectivity index (χ2n) is 5.20. The van der Waals surface area contributed by atoms with Crippen molar-refractivity contribution in [2.45, 2.75) is 38.4 Å². The maximum Gasteiger partial charge on any atom is 0.0945 e. The van der Waals surface area contributed by atoms with Gasteiger partial charge in [0, 0.05) is 43.9 Å². The summed E-state index contributed by atoms with van der Waals surface area (Å²) in [6.45, 7) is 2.05. The molecule has 1 aliphatic rings. The van der Waals surface area contributed by atoms with E-state index in [0.29, 0.717) is 0 Å². The van der Waals surface area contributed by atoms with Crippen LogP contribution in [0.15, 0.2) is 37.2 Å². The van der Waals surface area contributed by atoms with Crippen LogP contribution < -0.4 is 5.73 Å². The molecule has 3 rings (SSSR count). The van der Waals surface area contributed by atoms with E-state index in [1.54, 1.807) is 0 Å². The van der Waals surface area contributed by atoms with Crippen LogP contribution in [0.5, 0.6) is 0 Å². The molecule has 1 saturated carbocycles. The Balaban J connectivity index is 1.50. The number of hydrogen-bond donors (Lipinski definition) is 1. The van der Waals surface area contributed by atoms with Gasteiger partial charge in [0.15, 0.2) is 0 Å². The molecule has 18 heavy (non-hydrogen) atoms. The first kappa shape index (κ1) is 11.5. The molecule has 2 aromatic rings. The quantitative estimate of drug-likeness (QED) is 0.846. The van der Waals surface area contributed by atoms with E-state index in [4.69, 9.17) is 5.73 Å². The van der Waals surface area contributed by atoms with Gasteiger partial charge >= 0.3 is 0 Å². The van der Waals surface area contributed by atoms with Gasteiger partial charge in [-0.15, -0.1) is 0 Å². The van der Waals surface area contributed by atoms with Crippen molar-refractivity contribution in [3.05, 3.63) is 42.7 Å². The van der Waals surface area contributed by atoms with Crippen molar-refractivity contribution in [3.8, 4) is 0 Å². The van der Waals surface area contributed by atoms with Gasteiger partial charge in [-0.1, -0.05) is 0 Å². The van der Waals surface area contributed by atoms with Crippen molar-refractivity contribution >= 4 is 0 Å². The Bertz CT molecular complexity index is 482. The Morgan fingerprint density at radius 3 is 2.83 bits per heavy atom. The third kappa shape index (κ3) is 2.64. The lowest BCUT2D eigenvalue weighted by Gasteiger charge is -2.07. The monoisotopic (exact) mass is 244 g/mol. The van der Waals surface area contributed by atoms with Gasteiger partial charge in [0.05, 0.1) is 6.33 Å². The summed E-state index contributed by atoms with van der Waals surface area (Å²) in [5.41, 5.74) is 7.49. The van der Waals surface area contributed by atoms with Gasteiger partial charge in [-0.2, -0.15) is 0 Å². The minimum absolute atomic E-state index is 0.250. The second-order valence-corrected chi connectivity index (χ2v) is 5.20. The molecule has 1 unspecified atom stereocenters. The van der Waals surface area contributed by atoms with Crippen LogP contribution in [0.2, 0.25) is 0 Å². The third-order valence-corrected chi connectivity index (χ3v) is 3.68. The van der Waals surface area contributed by atoms with Crippen molar-refractivity contribution in [1.82, 2.24) is 14.1 Å². The zero-order valence-corrected chi connectivity index (χ0v) is 10.6. The van der Waals surface area contributed by atoms with Crippen LogP contribution in [0.1, 0.15) is 30.9 Å². The van der Waals surface area contributed by atoms with Crippen LogP contribution in [0.3, 0.4) is 0 Å². The van der Waals surface area contributed by atoms with E-state index in [1.807, 2.05) is 18.7 Å². The number of nitrogens with two attached hydrogens (primary N) is 1. The SMILES string of the molecule is NC(c1ccn(CCCn2ccnc2)c1)C1CC1. The molecule has 2 N–H and O–H groups in total. The minimum Gasteiger partial charge on any atom is -0.354 e. The molecule has 1 aliphatic carbocycles. The number of aryl methyl sites for hydroxylation is 2. The number of aromatic nitrogens is 3. The van der Waals surface area contributed by atoms with E-state index in [9.17, 15) is 0 Å². The number of hydrogen-bond acceptors (Lipinski definition) is 2. The van der Waals surface area contributed by atoms with Gasteiger partial charge < -0.3 is 14.9 Å². The highest BCUT2D eigenvalue weighted by Crippen LogP contribution is 2.39. The van der Waals surface area contributed by atoms with Crippen LogP contribution >= 0.6 is 0 Å². The topological polar surface area (TPSA) is 48.8 Å². The van der Waals surface area contributed by atoms with Gasteiger partial charge in [-0.3, -0.25) is 0 Å². The summed E-state index contributed by atoms with van der Waals surface area (Å²) in [6, 6.07) is 2.42. The van der Waals surface area contributed by atoms with Crippen molar-refractivity contribution in [1.29, 1.82) is 0 Å². The van der Waals surface area contributed by atoms with Crippen LogP contribution in [0.4, 0.5) is 0 Å². The Morgan fingerprint density at radius 2 is 2.11 bits per heavy atom. The Kier molecular flexibility index (Phi) is 3.19. The van der Waals surface area contributed by atoms with Crippen molar-refractivity contribution in [2.24, 2.45) is 11.7 Å². The molecule has 4 nitrogen and oxygen atoms in total. The average Bonchev–Trinajstić information content (AvgIpc) is 2.90. The molecule has 2 aromatic heterocycles. The lowest BCUT2D eigenvalue weighted by atomic mass is 10.1. The standard InChI is InChI=1S/C14H20N4/c15-14(12-2-3-12)13-4-8-17(10-13)6-1-7-18-9-5-16-11-18/h4-5,8-12,14H,1-3,6-7,15H2. The molecular weight excluding hydrogens is 224 g/mol. The maximum atomic E-state index is 6.19. The molecule has 4 heteroatoms. The average molecular weight is 244 g/mol. The number of imidazole rings is 1. The Hall–Kier alpha value is -1.55. The largest absolute Gasteiger partial charge is 0.354 e. The molecule has 0 saturated heterocycles. The highest BCUT2D eigenvalue weighted by molar-refractivity contribution is 5.17. The lowest BCUT2D eigenvalue weighted by molar-refractivity contribution is 0.561. The summed E-state index contributed by atoms with van der Waals surface area (Å²) in [5.74, 6) is 0.729. The molecule has 0 aromatic carbocycles. The summed E-state index contributed by atoms with van der Waals surface area (Å²) in [5, 5.41) is 0. The molecule has 1 atom stereocenters. The van der Waals surface area contributed by atoms with Crippen LogP contribution in [-0.4, -0.2) is 14.1 Å². The second kappa shape index (κ2) is 4.98. The highest BCUT2D eigenvalue weighted by Gasteiger charge is 2.29. The summed E-state index contributed by atoms with van der Waals surface area (Å²) < 4.78 is 4.36. The molecule has 0 aliphatic heterocycles. The van der Waals surface area contributed by atoms with Crippen molar-refractivity contribution in [3.63, 3.8) is 0 Å². The fraction of sp³-hybridized carbons (Fsp3) is 0.500. The van der Waals surface area contributed by atoms with Gasteiger partial charge in [-0.25, -0.2) is 4.98 Å². The Morgan fingerprint density at radius 1 is 1.28 bits per heavy atom. The molecule has 0 amide bonds. The van der Waals surface area contributed by atoms with E-state index in [2.05, 4.69) is 32.6 Å². The highest BCUT2D eigenvalue weighted by atomic mass is 15.0. The molecular formula is C14H20N4. The van der Waals surface area contributed by atoms with Crippen LogP contribution in [0.25, 0.3) is 0 Å². The predicted octanol–water partition coefficient (Wildman–Crippen LogP) is 2.18. The summed E-state index contributed by atoms with van der Waals surface area (Å²) in [7, 11) is 0. The predicted molar refractivity (Wildman–Crippen MR) is 70.9 cm³/mol. The zero-order valence-electron chi connectivity index (χ0n) is 10.6. The van der Waals surface area contributed by atoms with Gasteiger partial charge in [0.2, 0.25) is 0 Å². The summed E-state index contributed by atoms with van der Waals surface area (Å²) in [4.78, 5) is 4.04. The van der Waals surface area contributed by atoms with E-state index in [-0.39, 0.29) is 6.04 Å². The summed E-state index contributed by atoms with van der Waals surface area (Å²) in [6.07, 6.45) is 13.8. The van der Waals surface area contributed by atoms with Gasteiger partial charge in [0.25, 0.3) is 0 Å². The normalized spacial score (nSPS) is 16.9. The van der Waals surface area contributed by atoms with E-state index < -0.39 is 0 Å². The van der Waals surface area contributed by atoms with E-state index in [1.165, 1.54) is 18.4 Å². The van der Waals surface area contributed by atoms with Gasteiger partial charge in [0.1, 0.15) is 0 Å². The van der Waals surface area contributed by atoms with E-state index >= 15 is 0 Å². The van der Waals surface area contributed by atoms with Crippen molar-refractivity contribution in [2.75, 3.05) is 0 Å². The lowest BCUT2D eigenvalue weighted by Crippen LogP contribution is -2.11. The first-order chi connectivity index (χ1) is 8.83. The van der Waals surface area contributed by atoms with E-state index in [0.717, 1.165) is 25.4 Å². The first-order valence-corrected chi connectivity index (χ1v) is 6.70. The van der Waals surface area contributed by atoms with Crippen LogP contribution in [-0.2, 0) is 13.1 Å². The fourth-order valence-electron chi connectivity index (χ4n) is 2.38. The molecule has 0 radical (unpaired) electrons. The molecule has 2 heterocycles. The number of rotatable bonds is 6. The fourth-order valence-corrected chi connectivity index (χ4v) is 2.38. The van der Waals surface area contributed by atoms with Crippen molar-refractivity contribution < 1.29 is 0 Å². The first-order valence-electron chi connectivity index (χ1n) is 6.70. The minimum atomic E-state index is 0.250. The van der Waals surface area contributed by atoms with Gasteiger partial charge in [-0.05, 0) is 36.8 Å². The number of nitrogens with zero attached hydrogens (tertiary/aromatic N) is 3. The van der Waals surface area contributed by atoms with Crippen LogP contribution in [0, 0.1) is 5.92 Å². The maximum absolute atomic E-state index is 6.19. The molecule has 0 bridgehead atoms.